The van der Waals surface area contributed by atoms with Gasteiger partial charge in [-0.05, 0) is 47.5 Å². The minimum atomic E-state index is -0.439. The molecule has 3 aromatic carbocycles. The molecule has 0 aliphatic heterocycles. The van der Waals surface area contributed by atoms with E-state index >= 15 is 0 Å². The van der Waals surface area contributed by atoms with Crippen LogP contribution in [0.25, 0.3) is 0 Å². The summed E-state index contributed by atoms with van der Waals surface area (Å²) in [5, 5.41) is 0. The largest absolute Gasteiger partial charge is 0.482 e. The van der Waals surface area contributed by atoms with Crippen molar-refractivity contribution in [1.82, 2.24) is 0 Å². The third-order valence-corrected chi connectivity index (χ3v) is 5.00. The Bertz CT molecular complexity index is 885. The van der Waals surface area contributed by atoms with Crippen LogP contribution in [0, 0.1) is 0 Å². The van der Waals surface area contributed by atoms with Crippen LogP contribution in [0.3, 0.4) is 0 Å². The Morgan fingerprint density at radius 3 is 2.00 bits per heavy atom. The van der Waals surface area contributed by atoms with E-state index in [0.29, 0.717) is 11.5 Å². The lowest BCUT2D eigenvalue weighted by Gasteiger charge is -2.26. The Balaban J connectivity index is 1.59. The zero-order valence-electron chi connectivity index (χ0n) is 15.3. The van der Waals surface area contributed by atoms with Gasteiger partial charge in [0.2, 0.25) is 0 Å². The van der Waals surface area contributed by atoms with Crippen LogP contribution in [0.5, 0.6) is 11.5 Å². The van der Waals surface area contributed by atoms with E-state index in [9.17, 15) is 4.79 Å². The molecule has 0 atom stereocenters. The molecule has 0 fully saturated rings. The van der Waals surface area contributed by atoms with Crippen molar-refractivity contribution in [2.45, 2.75) is 19.3 Å². The van der Waals surface area contributed by atoms with E-state index in [4.69, 9.17) is 9.47 Å². The van der Waals surface area contributed by atoms with Crippen molar-refractivity contribution in [3.63, 3.8) is 0 Å². The molecule has 0 radical (unpaired) electrons. The molecule has 0 aliphatic carbocycles. The van der Waals surface area contributed by atoms with Gasteiger partial charge in [0.05, 0.1) is 0 Å². The first-order chi connectivity index (χ1) is 12.9. The Morgan fingerprint density at radius 2 is 1.37 bits per heavy atom. The lowest BCUT2D eigenvalue weighted by Crippen LogP contribution is -2.19. The molecule has 0 bridgehead atoms. The fraction of sp³-hybridized carbons (Fsp3) is 0.174. The number of carbonyl (C=O) groups excluding carboxylic acids is 1. The molecule has 3 rings (SSSR count). The monoisotopic (exact) mass is 424 g/mol. The highest BCUT2D eigenvalue weighted by Gasteiger charge is 2.22. The van der Waals surface area contributed by atoms with E-state index in [-0.39, 0.29) is 12.0 Å². The standard InChI is InChI=1S/C23H21BrO3/c1-23(2,17-6-4-3-5-7-17)18-8-12-20(13-9-18)26-16-22(25)27-21-14-10-19(24)11-15-21/h3-15H,16H2,1-2H3. The van der Waals surface area contributed by atoms with Crippen molar-refractivity contribution in [2.24, 2.45) is 0 Å². The lowest BCUT2D eigenvalue weighted by molar-refractivity contribution is -0.136. The first-order valence-electron chi connectivity index (χ1n) is 8.70. The number of carbonyl (C=O) groups is 1. The van der Waals surface area contributed by atoms with Crippen LogP contribution >= 0.6 is 15.9 Å². The molecular formula is C23H21BrO3. The summed E-state index contributed by atoms with van der Waals surface area (Å²) in [7, 11) is 0. The second kappa shape index (κ2) is 8.40. The zero-order valence-corrected chi connectivity index (χ0v) is 16.9. The van der Waals surface area contributed by atoms with Gasteiger partial charge < -0.3 is 9.47 Å². The van der Waals surface area contributed by atoms with Gasteiger partial charge in [-0.15, -0.1) is 0 Å². The fourth-order valence-electron chi connectivity index (χ4n) is 2.80. The lowest BCUT2D eigenvalue weighted by atomic mass is 9.78. The van der Waals surface area contributed by atoms with E-state index < -0.39 is 5.97 Å². The van der Waals surface area contributed by atoms with Gasteiger partial charge >= 0.3 is 5.97 Å². The van der Waals surface area contributed by atoms with Crippen molar-refractivity contribution in [2.75, 3.05) is 6.61 Å². The van der Waals surface area contributed by atoms with Crippen molar-refractivity contribution in [1.29, 1.82) is 0 Å². The molecule has 0 saturated heterocycles. The number of hydrogen-bond acceptors (Lipinski definition) is 3. The summed E-state index contributed by atoms with van der Waals surface area (Å²) in [6.45, 7) is 4.24. The highest BCUT2D eigenvalue weighted by molar-refractivity contribution is 9.10. The molecule has 0 N–H and O–H groups in total. The van der Waals surface area contributed by atoms with E-state index in [1.807, 2.05) is 54.6 Å². The molecule has 0 spiro atoms. The fourth-order valence-corrected chi connectivity index (χ4v) is 3.06. The second-order valence-corrected chi connectivity index (χ2v) is 7.65. The number of halogens is 1. The number of rotatable bonds is 6. The highest BCUT2D eigenvalue weighted by atomic mass is 79.9. The second-order valence-electron chi connectivity index (χ2n) is 6.73. The Hall–Kier alpha value is -2.59. The molecule has 0 saturated carbocycles. The van der Waals surface area contributed by atoms with Gasteiger partial charge in [-0.1, -0.05) is 72.2 Å². The van der Waals surface area contributed by atoms with E-state index in [1.165, 1.54) is 11.1 Å². The van der Waals surface area contributed by atoms with E-state index in [1.54, 1.807) is 12.1 Å². The minimum absolute atomic E-state index is 0.111. The quantitative estimate of drug-likeness (QED) is 0.372. The number of hydrogen-bond donors (Lipinski definition) is 0. The van der Waals surface area contributed by atoms with Crippen LogP contribution in [-0.4, -0.2) is 12.6 Å². The molecule has 0 aromatic heterocycles. The van der Waals surface area contributed by atoms with Crippen molar-refractivity contribution < 1.29 is 14.3 Å². The predicted octanol–water partition coefficient (Wildman–Crippen LogP) is 5.76. The first kappa shape index (κ1) is 19.2. The molecule has 0 unspecified atom stereocenters. The predicted molar refractivity (Wildman–Crippen MR) is 110 cm³/mol. The molecular weight excluding hydrogens is 404 g/mol. The van der Waals surface area contributed by atoms with Gasteiger partial charge in [-0.25, -0.2) is 4.79 Å². The van der Waals surface area contributed by atoms with Crippen LogP contribution in [0.4, 0.5) is 0 Å². The van der Waals surface area contributed by atoms with Crippen LogP contribution in [0.2, 0.25) is 0 Å². The van der Waals surface area contributed by atoms with Crippen LogP contribution in [0.15, 0.2) is 83.3 Å². The van der Waals surface area contributed by atoms with Crippen molar-refractivity contribution in [3.05, 3.63) is 94.5 Å². The summed E-state index contributed by atoms with van der Waals surface area (Å²) >= 11 is 3.34. The van der Waals surface area contributed by atoms with Gasteiger partial charge in [-0.3, -0.25) is 0 Å². The Kier molecular flexibility index (Phi) is 5.97. The summed E-state index contributed by atoms with van der Waals surface area (Å²) in [5.41, 5.74) is 2.32. The molecule has 138 valence electrons. The first-order valence-corrected chi connectivity index (χ1v) is 9.49. The van der Waals surface area contributed by atoms with Gasteiger partial charge in [0, 0.05) is 9.89 Å². The maximum absolute atomic E-state index is 11.9. The number of benzene rings is 3. The zero-order chi connectivity index (χ0) is 19.3. The summed E-state index contributed by atoms with van der Waals surface area (Å²) in [6.07, 6.45) is 0. The third-order valence-electron chi connectivity index (χ3n) is 4.47. The minimum Gasteiger partial charge on any atom is -0.482 e. The van der Waals surface area contributed by atoms with Gasteiger partial charge in [0.25, 0.3) is 0 Å². The molecule has 0 heterocycles. The Morgan fingerprint density at radius 1 is 0.815 bits per heavy atom. The van der Waals surface area contributed by atoms with Crippen molar-refractivity contribution in [3.8, 4) is 11.5 Å². The Labute approximate surface area is 168 Å². The third kappa shape index (κ3) is 4.98. The summed E-state index contributed by atoms with van der Waals surface area (Å²) in [5.74, 6) is 0.688. The maximum Gasteiger partial charge on any atom is 0.349 e. The number of esters is 1. The molecule has 3 aromatic rings. The normalized spacial score (nSPS) is 11.1. The van der Waals surface area contributed by atoms with Crippen molar-refractivity contribution >= 4 is 21.9 Å². The molecule has 3 nitrogen and oxygen atoms in total. The average molecular weight is 425 g/mol. The smallest absolute Gasteiger partial charge is 0.349 e. The van der Waals surface area contributed by atoms with E-state index in [2.05, 4.69) is 41.9 Å². The van der Waals surface area contributed by atoms with Gasteiger partial charge in [-0.2, -0.15) is 0 Å². The van der Waals surface area contributed by atoms with E-state index in [0.717, 1.165) is 4.47 Å². The molecule has 27 heavy (non-hydrogen) atoms. The summed E-state index contributed by atoms with van der Waals surface area (Å²) < 4.78 is 11.7. The average Bonchev–Trinajstić information content (AvgIpc) is 2.69. The molecule has 0 aliphatic rings. The topological polar surface area (TPSA) is 35.5 Å². The van der Waals surface area contributed by atoms with Gasteiger partial charge in [0.1, 0.15) is 11.5 Å². The SMILES string of the molecule is CC(C)(c1ccccc1)c1ccc(OCC(=O)Oc2ccc(Br)cc2)cc1. The summed E-state index contributed by atoms with van der Waals surface area (Å²) in [6, 6.07) is 25.3. The number of ether oxygens (including phenoxy) is 2. The molecule has 4 heteroatoms. The summed E-state index contributed by atoms with van der Waals surface area (Å²) in [4.78, 5) is 11.9. The van der Waals surface area contributed by atoms with Crippen LogP contribution < -0.4 is 9.47 Å². The molecule has 0 amide bonds. The van der Waals surface area contributed by atoms with Crippen LogP contribution in [-0.2, 0) is 10.2 Å². The van der Waals surface area contributed by atoms with Crippen LogP contribution in [0.1, 0.15) is 25.0 Å². The highest BCUT2D eigenvalue weighted by Crippen LogP contribution is 2.32. The maximum atomic E-state index is 11.9. The van der Waals surface area contributed by atoms with Gasteiger partial charge in [0.15, 0.2) is 6.61 Å².